The van der Waals surface area contributed by atoms with Crippen LogP contribution in [0.25, 0.3) is 10.2 Å². The molecule has 3 heterocycles. The molecule has 1 atom stereocenters. The van der Waals surface area contributed by atoms with Crippen molar-refractivity contribution >= 4 is 33.2 Å². The van der Waals surface area contributed by atoms with Gasteiger partial charge in [-0.1, -0.05) is 11.6 Å². The second-order valence-electron chi connectivity index (χ2n) is 5.10. The molecule has 0 saturated carbocycles. The number of nitrogens with one attached hydrogen (secondary N) is 1. The van der Waals surface area contributed by atoms with Gasteiger partial charge in [0.2, 0.25) is 0 Å². The highest BCUT2D eigenvalue weighted by molar-refractivity contribution is 7.17. The fraction of sp³-hybridized carbons (Fsp3) is 0.333. The maximum Gasteiger partial charge on any atom is 0.130 e. The predicted octanol–water partition coefficient (Wildman–Crippen LogP) is 3.49. The third-order valence-electron chi connectivity index (χ3n) is 3.75. The largest absolute Gasteiger partial charge is 0.313 e. The average Bonchev–Trinajstić information content (AvgIpc) is 3.03. The van der Waals surface area contributed by atoms with Gasteiger partial charge in [-0.15, -0.1) is 11.3 Å². The number of hydrogen-bond donors (Lipinski definition) is 1. The summed E-state index contributed by atoms with van der Waals surface area (Å²) in [6, 6.07) is 4.41. The summed E-state index contributed by atoms with van der Waals surface area (Å²) in [4.78, 5) is 4.52. The Morgan fingerprint density at radius 2 is 2.29 bits per heavy atom. The average molecular weight is 321 g/mol. The number of hydrogen-bond acceptors (Lipinski definition) is 4. The molecule has 0 spiro atoms. The molecule has 4 nitrogen and oxygen atoms in total. The van der Waals surface area contributed by atoms with Crippen molar-refractivity contribution in [3.63, 3.8) is 0 Å². The second kappa shape index (κ2) is 5.75. The Hall–Kier alpha value is -1.43. The van der Waals surface area contributed by atoms with E-state index in [2.05, 4.69) is 26.8 Å². The first-order chi connectivity index (χ1) is 10.1. The van der Waals surface area contributed by atoms with E-state index in [0.717, 1.165) is 23.2 Å². The SMILES string of the molecule is CNC(Cc1c(C)nn(C)c1Cl)c1cnc2ccsc2c1. The molecule has 0 amide bonds. The molecule has 21 heavy (non-hydrogen) atoms. The number of halogens is 1. The normalized spacial score (nSPS) is 13.0. The van der Waals surface area contributed by atoms with E-state index in [-0.39, 0.29) is 6.04 Å². The van der Waals surface area contributed by atoms with Gasteiger partial charge in [-0.2, -0.15) is 5.10 Å². The number of likely N-dealkylation sites (N-methyl/N-ethyl adjacent to an activating group) is 1. The lowest BCUT2D eigenvalue weighted by Gasteiger charge is -2.16. The Bertz CT molecular complexity index is 777. The zero-order valence-electron chi connectivity index (χ0n) is 12.2. The van der Waals surface area contributed by atoms with Crippen molar-refractivity contribution in [3.8, 4) is 0 Å². The van der Waals surface area contributed by atoms with Gasteiger partial charge < -0.3 is 5.32 Å². The van der Waals surface area contributed by atoms with Crippen LogP contribution in [0.4, 0.5) is 0 Å². The number of fused-ring (bicyclic) bond motifs is 1. The molecule has 1 N–H and O–H groups in total. The summed E-state index contributed by atoms with van der Waals surface area (Å²) >= 11 is 8.05. The maximum absolute atomic E-state index is 6.34. The van der Waals surface area contributed by atoms with Crippen molar-refractivity contribution < 1.29 is 0 Å². The minimum atomic E-state index is 0.171. The van der Waals surface area contributed by atoms with Crippen molar-refractivity contribution in [1.82, 2.24) is 20.1 Å². The van der Waals surface area contributed by atoms with E-state index in [1.54, 1.807) is 16.0 Å². The van der Waals surface area contributed by atoms with Crippen LogP contribution in [0.1, 0.15) is 22.9 Å². The third kappa shape index (κ3) is 2.69. The number of rotatable bonds is 4. The Kier molecular flexibility index (Phi) is 3.97. The minimum absolute atomic E-state index is 0.171. The number of thiophene rings is 1. The summed E-state index contributed by atoms with van der Waals surface area (Å²) in [5, 5.41) is 10.5. The van der Waals surface area contributed by atoms with Crippen LogP contribution in [0.15, 0.2) is 23.7 Å². The molecule has 0 aliphatic carbocycles. The van der Waals surface area contributed by atoms with Crippen molar-refractivity contribution in [3.05, 3.63) is 45.7 Å². The van der Waals surface area contributed by atoms with E-state index in [9.17, 15) is 0 Å². The van der Waals surface area contributed by atoms with Crippen LogP contribution < -0.4 is 5.32 Å². The lowest BCUT2D eigenvalue weighted by Crippen LogP contribution is -2.19. The number of aromatic nitrogens is 3. The maximum atomic E-state index is 6.34. The fourth-order valence-corrected chi connectivity index (χ4v) is 3.59. The molecule has 3 rings (SSSR count). The molecular weight excluding hydrogens is 304 g/mol. The van der Waals surface area contributed by atoms with Crippen molar-refractivity contribution in [1.29, 1.82) is 0 Å². The van der Waals surface area contributed by atoms with Crippen LogP contribution in [-0.4, -0.2) is 21.8 Å². The topological polar surface area (TPSA) is 42.7 Å². The van der Waals surface area contributed by atoms with Gasteiger partial charge in [0.15, 0.2) is 0 Å². The van der Waals surface area contributed by atoms with Crippen molar-refractivity contribution in [2.24, 2.45) is 7.05 Å². The molecule has 3 aromatic heterocycles. The van der Waals surface area contributed by atoms with Crippen molar-refractivity contribution in [2.75, 3.05) is 7.05 Å². The molecule has 0 bridgehead atoms. The van der Waals surface area contributed by atoms with Crippen LogP contribution >= 0.6 is 22.9 Å². The zero-order valence-corrected chi connectivity index (χ0v) is 13.8. The lowest BCUT2D eigenvalue weighted by atomic mass is 10.0. The summed E-state index contributed by atoms with van der Waals surface area (Å²) in [6.45, 7) is 1.99. The number of aryl methyl sites for hydroxylation is 2. The highest BCUT2D eigenvalue weighted by Crippen LogP contribution is 2.28. The van der Waals surface area contributed by atoms with E-state index in [0.29, 0.717) is 5.15 Å². The Morgan fingerprint density at radius 3 is 2.95 bits per heavy atom. The van der Waals surface area contributed by atoms with Crippen LogP contribution in [0.5, 0.6) is 0 Å². The Labute approximate surface area is 132 Å². The van der Waals surface area contributed by atoms with Gasteiger partial charge in [0, 0.05) is 24.8 Å². The third-order valence-corrected chi connectivity index (χ3v) is 5.08. The zero-order chi connectivity index (χ0) is 15.0. The van der Waals surface area contributed by atoms with E-state index in [1.165, 1.54) is 10.3 Å². The highest BCUT2D eigenvalue weighted by Gasteiger charge is 2.18. The smallest absolute Gasteiger partial charge is 0.130 e. The summed E-state index contributed by atoms with van der Waals surface area (Å²) in [6.07, 6.45) is 2.74. The molecule has 0 aliphatic rings. The Balaban J connectivity index is 1.94. The predicted molar refractivity (Wildman–Crippen MR) is 88.1 cm³/mol. The van der Waals surface area contributed by atoms with Gasteiger partial charge in [-0.3, -0.25) is 9.67 Å². The standard InChI is InChI=1S/C15H17ClN4S/c1-9-11(15(16)20(3)19-9)7-13(17-2)10-6-14-12(18-8-10)4-5-21-14/h4-6,8,13,17H,7H2,1-3H3. The van der Waals surface area contributed by atoms with Gasteiger partial charge in [0.25, 0.3) is 0 Å². The molecule has 0 saturated heterocycles. The van der Waals surface area contributed by atoms with Gasteiger partial charge in [-0.05, 0) is 43.5 Å². The first-order valence-electron chi connectivity index (χ1n) is 6.78. The first kappa shape index (κ1) is 14.5. The summed E-state index contributed by atoms with van der Waals surface area (Å²) < 4.78 is 2.93. The molecule has 0 aromatic carbocycles. The summed E-state index contributed by atoms with van der Waals surface area (Å²) in [5.74, 6) is 0. The quantitative estimate of drug-likeness (QED) is 0.800. The summed E-state index contributed by atoms with van der Waals surface area (Å²) in [7, 11) is 3.83. The van der Waals surface area contributed by atoms with Gasteiger partial charge in [-0.25, -0.2) is 0 Å². The second-order valence-corrected chi connectivity index (χ2v) is 6.40. The van der Waals surface area contributed by atoms with E-state index in [1.807, 2.05) is 33.3 Å². The minimum Gasteiger partial charge on any atom is -0.313 e. The van der Waals surface area contributed by atoms with E-state index in [4.69, 9.17) is 11.6 Å². The molecule has 110 valence electrons. The van der Waals surface area contributed by atoms with Gasteiger partial charge in [0.05, 0.1) is 15.9 Å². The number of nitrogens with zero attached hydrogens (tertiary/aromatic N) is 3. The van der Waals surface area contributed by atoms with Crippen LogP contribution in [0.2, 0.25) is 5.15 Å². The Morgan fingerprint density at radius 1 is 1.48 bits per heavy atom. The van der Waals surface area contributed by atoms with Crippen LogP contribution in [0, 0.1) is 6.92 Å². The molecular formula is C15H17ClN4S. The fourth-order valence-electron chi connectivity index (χ4n) is 2.55. The molecule has 6 heteroatoms. The first-order valence-corrected chi connectivity index (χ1v) is 8.04. The van der Waals surface area contributed by atoms with Gasteiger partial charge >= 0.3 is 0 Å². The molecule has 0 radical (unpaired) electrons. The van der Waals surface area contributed by atoms with Gasteiger partial charge in [0.1, 0.15) is 5.15 Å². The summed E-state index contributed by atoms with van der Waals surface area (Å²) in [5.41, 5.74) is 4.29. The van der Waals surface area contributed by atoms with Crippen molar-refractivity contribution in [2.45, 2.75) is 19.4 Å². The van der Waals surface area contributed by atoms with Crippen LogP contribution in [-0.2, 0) is 13.5 Å². The molecule has 0 fully saturated rings. The monoisotopic (exact) mass is 320 g/mol. The molecule has 0 aliphatic heterocycles. The van der Waals surface area contributed by atoms with E-state index >= 15 is 0 Å². The highest BCUT2D eigenvalue weighted by atomic mass is 35.5. The lowest BCUT2D eigenvalue weighted by molar-refractivity contribution is 0.589. The van der Waals surface area contributed by atoms with E-state index < -0.39 is 0 Å². The number of pyridine rings is 1. The molecule has 1 unspecified atom stereocenters. The van der Waals surface area contributed by atoms with Crippen LogP contribution in [0.3, 0.4) is 0 Å². The molecule has 3 aromatic rings.